The lowest BCUT2D eigenvalue weighted by Gasteiger charge is -2.16. The third-order valence-electron chi connectivity index (χ3n) is 4.26. The molecule has 1 aromatic carbocycles. The number of aryl methyl sites for hydroxylation is 1. The van der Waals surface area contributed by atoms with Gasteiger partial charge in [0, 0.05) is 58.9 Å². The van der Waals surface area contributed by atoms with Crippen LogP contribution in [-0.4, -0.2) is 34.9 Å². The number of rotatable bonds is 6. The number of nitrogens with one attached hydrogen (secondary N) is 2. The van der Waals surface area contributed by atoms with E-state index in [9.17, 15) is 4.79 Å². The van der Waals surface area contributed by atoms with E-state index in [0.29, 0.717) is 12.1 Å². The van der Waals surface area contributed by atoms with E-state index >= 15 is 0 Å². The highest BCUT2D eigenvalue weighted by atomic mass is 16.1. The van der Waals surface area contributed by atoms with Crippen molar-refractivity contribution >= 4 is 22.5 Å². The number of nitrogens with zero attached hydrogens (tertiary/aromatic N) is 2. The van der Waals surface area contributed by atoms with E-state index in [1.54, 1.807) is 12.3 Å². The smallest absolute Gasteiger partial charge is 0.248 e. The van der Waals surface area contributed by atoms with Crippen molar-refractivity contribution in [3.05, 3.63) is 59.0 Å². The van der Waals surface area contributed by atoms with Gasteiger partial charge in [-0.3, -0.25) is 9.78 Å². The van der Waals surface area contributed by atoms with Crippen LogP contribution in [0.5, 0.6) is 0 Å². The van der Waals surface area contributed by atoms with Crippen LogP contribution in [0.4, 0.5) is 5.69 Å². The summed E-state index contributed by atoms with van der Waals surface area (Å²) in [5.74, 6) is -0.424. The quantitative estimate of drug-likeness (QED) is 0.645. The third-order valence-corrected chi connectivity index (χ3v) is 4.26. The predicted molar refractivity (Wildman–Crippen MR) is 101 cm³/mol. The summed E-state index contributed by atoms with van der Waals surface area (Å²) in [6, 6.07) is 7.51. The molecule has 2 heterocycles. The van der Waals surface area contributed by atoms with Gasteiger partial charge in [0.1, 0.15) is 0 Å². The molecule has 0 aliphatic rings. The molecule has 1 amide bonds. The molecule has 3 aromatic rings. The number of amides is 1. The van der Waals surface area contributed by atoms with E-state index < -0.39 is 5.91 Å². The summed E-state index contributed by atoms with van der Waals surface area (Å²) in [5.41, 5.74) is 11.3. The van der Waals surface area contributed by atoms with Gasteiger partial charge in [0.2, 0.25) is 5.91 Å². The van der Waals surface area contributed by atoms with Crippen molar-refractivity contribution in [3.63, 3.8) is 0 Å². The number of primary amides is 1. The molecule has 0 aliphatic carbocycles. The molecule has 0 fully saturated rings. The zero-order valence-electron chi connectivity index (χ0n) is 14.8. The highest BCUT2D eigenvalue weighted by Gasteiger charge is 2.11. The monoisotopic (exact) mass is 337 g/mol. The molecular formula is C19H23N5O. The number of benzene rings is 1. The Kier molecular flexibility index (Phi) is 4.72. The van der Waals surface area contributed by atoms with Crippen LogP contribution in [0.25, 0.3) is 10.9 Å². The van der Waals surface area contributed by atoms with Crippen LogP contribution in [0.3, 0.4) is 0 Å². The molecule has 0 bridgehead atoms. The molecule has 0 saturated carbocycles. The van der Waals surface area contributed by atoms with E-state index in [-0.39, 0.29) is 0 Å². The van der Waals surface area contributed by atoms with Crippen molar-refractivity contribution in [1.82, 2.24) is 14.9 Å². The second kappa shape index (κ2) is 6.94. The zero-order chi connectivity index (χ0) is 18.0. The van der Waals surface area contributed by atoms with Crippen molar-refractivity contribution in [3.8, 4) is 0 Å². The van der Waals surface area contributed by atoms with Gasteiger partial charge >= 0.3 is 0 Å². The van der Waals surface area contributed by atoms with Crippen LogP contribution in [0, 0.1) is 6.92 Å². The van der Waals surface area contributed by atoms with E-state index in [2.05, 4.69) is 27.1 Å². The Labute approximate surface area is 147 Å². The maximum absolute atomic E-state index is 11.5. The Hall–Kier alpha value is -2.86. The molecule has 6 heteroatoms. The highest BCUT2D eigenvalue weighted by Crippen LogP contribution is 2.24. The zero-order valence-corrected chi connectivity index (χ0v) is 14.8. The van der Waals surface area contributed by atoms with Crippen molar-refractivity contribution in [1.29, 1.82) is 0 Å². The Bertz CT molecular complexity index is 913. The number of carbonyl (C=O) groups excluding carboxylic acids is 1. The highest BCUT2D eigenvalue weighted by molar-refractivity contribution is 5.94. The molecule has 2 aromatic heterocycles. The van der Waals surface area contributed by atoms with Crippen molar-refractivity contribution in [2.24, 2.45) is 5.73 Å². The van der Waals surface area contributed by atoms with Gasteiger partial charge in [-0.25, -0.2) is 0 Å². The second-order valence-electron chi connectivity index (χ2n) is 6.48. The number of anilines is 1. The van der Waals surface area contributed by atoms with Gasteiger partial charge in [-0.15, -0.1) is 0 Å². The number of H-pyrrole nitrogens is 1. The summed E-state index contributed by atoms with van der Waals surface area (Å²) >= 11 is 0. The number of carbonyl (C=O) groups is 1. The summed E-state index contributed by atoms with van der Waals surface area (Å²) in [4.78, 5) is 21.2. The first kappa shape index (κ1) is 17.0. The first-order valence-electron chi connectivity index (χ1n) is 8.18. The van der Waals surface area contributed by atoms with Gasteiger partial charge in [-0.1, -0.05) is 6.07 Å². The van der Waals surface area contributed by atoms with Crippen LogP contribution in [-0.2, 0) is 13.1 Å². The van der Waals surface area contributed by atoms with Gasteiger partial charge in [0.05, 0.1) is 0 Å². The molecule has 0 atom stereocenters. The normalized spacial score (nSPS) is 11.2. The number of aromatic nitrogens is 2. The number of hydrogen-bond acceptors (Lipinski definition) is 4. The number of fused-ring (bicyclic) bond motifs is 1. The van der Waals surface area contributed by atoms with E-state index in [0.717, 1.165) is 34.4 Å². The van der Waals surface area contributed by atoms with Gasteiger partial charge in [-0.2, -0.15) is 0 Å². The minimum Gasteiger partial charge on any atom is -0.381 e. The fourth-order valence-electron chi connectivity index (χ4n) is 3.01. The minimum absolute atomic E-state index is 0.424. The molecule has 6 nitrogen and oxygen atoms in total. The molecule has 0 radical (unpaired) electrons. The van der Waals surface area contributed by atoms with Crippen LogP contribution < -0.4 is 11.1 Å². The molecule has 0 aliphatic heterocycles. The molecule has 0 spiro atoms. The third kappa shape index (κ3) is 3.64. The number of nitrogens with two attached hydrogens (primary N) is 1. The van der Waals surface area contributed by atoms with Gasteiger partial charge in [0.25, 0.3) is 0 Å². The van der Waals surface area contributed by atoms with Crippen molar-refractivity contribution < 1.29 is 4.79 Å². The largest absolute Gasteiger partial charge is 0.381 e. The van der Waals surface area contributed by atoms with Crippen LogP contribution in [0.1, 0.15) is 27.2 Å². The fraction of sp³-hybridized carbons (Fsp3) is 0.263. The molecule has 0 unspecified atom stereocenters. The molecular weight excluding hydrogens is 314 g/mol. The van der Waals surface area contributed by atoms with Crippen LogP contribution >= 0.6 is 0 Å². The average molecular weight is 337 g/mol. The minimum atomic E-state index is -0.424. The molecule has 130 valence electrons. The van der Waals surface area contributed by atoms with Crippen LogP contribution in [0.15, 0.2) is 36.7 Å². The van der Waals surface area contributed by atoms with Crippen LogP contribution in [0.2, 0.25) is 0 Å². The molecule has 3 rings (SSSR count). The number of hydrogen-bond donors (Lipinski definition) is 3. The predicted octanol–water partition coefficient (Wildman–Crippen LogP) is 2.64. The first-order chi connectivity index (χ1) is 12.0. The SMILES string of the molecule is Cc1[nH]c2ccncc2c1CNc1cc(C(N)=O)ccc1CN(C)C. The van der Waals surface area contributed by atoms with E-state index in [1.165, 1.54) is 5.56 Å². The summed E-state index contributed by atoms with van der Waals surface area (Å²) in [5, 5.41) is 4.57. The maximum Gasteiger partial charge on any atom is 0.248 e. The Morgan fingerprint density at radius 3 is 2.84 bits per heavy atom. The summed E-state index contributed by atoms with van der Waals surface area (Å²) in [6.07, 6.45) is 3.65. The van der Waals surface area contributed by atoms with Crippen molar-refractivity contribution in [2.45, 2.75) is 20.0 Å². The maximum atomic E-state index is 11.5. The fourth-order valence-corrected chi connectivity index (χ4v) is 3.01. The van der Waals surface area contributed by atoms with Gasteiger partial charge in [-0.05, 0) is 44.8 Å². The topological polar surface area (TPSA) is 87.0 Å². The number of pyridine rings is 1. The first-order valence-corrected chi connectivity index (χ1v) is 8.18. The molecule has 25 heavy (non-hydrogen) atoms. The Morgan fingerprint density at radius 1 is 1.32 bits per heavy atom. The lowest BCUT2D eigenvalue weighted by atomic mass is 10.1. The lowest BCUT2D eigenvalue weighted by Crippen LogP contribution is -2.15. The molecule has 0 saturated heterocycles. The molecule has 4 N–H and O–H groups in total. The standard InChI is InChI=1S/C19H23N5O/c1-12-15(16-9-21-7-6-17(16)23-12)10-22-18-8-13(19(20)25)4-5-14(18)11-24(2)3/h4-9,22-23H,10-11H2,1-3H3,(H2,20,25). The van der Waals surface area contributed by atoms with E-state index in [4.69, 9.17) is 5.73 Å². The van der Waals surface area contributed by atoms with Gasteiger partial charge in [0.15, 0.2) is 0 Å². The van der Waals surface area contributed by atoms with E-state index in [1.807, 2.05) is 38.5 Å². The average Bonchev–Trinajstić information content (AvgIpc) is 2.88. The Morgan fingerprint density at radius 2 is 2.12 bits per heavy atom. The second-order valence-corrected chi connectivity index (χ2v) is 6.48. The number of aromatic amines is 1. The van der Waals surface area contributed by atoms with Crippen molar-refractivity contribution in [2.75, 3.05) is 19.4 Å². The van der Waals surface area contributed by atoms with Gasteiger partial charge < -0.3 is 20.9 Å². The Balaban J connectivity index is 1.91. The lowest BCUT2D eigenvalue weighted by molar-refractivity contribution is 0.100. The summed E-state index contributed by atoms with van der Waals surface area (Å²) < 4.78 is 0. The summed E-state index contributed by atoms with van der Waals surface area (Å²) in [6.45, 7) is 3.47. The summed E-state index contributed by atoms with van der Waals surface area (Å²) in [7, 11) is 4.03.